The van der Waals surface area contributed by atoms with Crippen LogP contribution in [0.25, 0.3) is 0 Å². The van der Waals surface area contributed by atoms with E-state index in [2.05, 4.69) is 10.3 Å². The predicted molar refractivity (Wildman–Crippen MR) is 122 cm³/mol. The molecule has 4 N–H and O–H groups in total. The van der Waals surface area contributed by atoms with Crippen LogP contribution >= 0.6 is 11.8 Å². The maximum atomic E-state index is 13.4. The Bertz CT molecular complexity index is 1200. The van der Waals surface area contributed by atoms with Crippen molar-refractivity contribution in [3.63, 3.8) is 0 Å². The summed E-state index contributed by atoms with van der Waals surface area (Å²) in [5.74, 6) is -1.70. The SMILES string of the molecule is NC(=O)c1nnn([C@H]2C[C@H]3C(=O)N4CC[C@H](SCc5ccc(F)cc5)C[C@H]4C(=O)N3C2)c1C(N)=O. The van der Waals surface area contributed by atoms with E-state index in [1.165, 1.54) is 21.7 Å². The minimum absolute atomic E-state index is 0.130. The van der Waals surface area contributed by atoms with Gasteiger partial charge in [-0.25, -0.2) is 9.07 Å². The van der Waals surface area contributed by atoms with Crippen LogP contribution < -0.4 is 11.5 Å². The molecule has 2 aromatic rings. The molecule has 3 aliphatic rings. The second kappa shape index (κ2) is 8.95. The number of thioether (sulfide) groups is 1. The maximum Gasteiger partial charge on any atom is 0.271 e. The molecule has 184 valence electrons. The number of nitrogens with two attached hydrogens (primary N) is 2. The molecule has 13 heteroatoms. The molecule has 35 heavy (non-hydrogen) atoms. The number of benzene rings is 1. The van der Waals surface area contributed by atoms with Gasteiger partial charge in [-0.15, -0.1) is 5.10 Å². The Labute approximate surface area is 204 Å². The lowest BCUT2D eigenvalue weighted by Crippen LogP contribution is -2.65. The molecule has 4 amide bonds. The van der Waals surface area contributed by atoms with Crippen molar-refractivity contribution in [2.75, 3.05) is 13.1 Å². The molecule has 1 aromatic heterocycles. The van der Waals surface area contributed by atoms with Crippen LogP contribution in [0.15, 0.2) is 24.3 Å². The van der Waals surface area contributed by atoms with Crippen LogP contribution in [0.4, 0.5) is 4.39 Å². The molecule has 11 nitrogen and oxygen atoms in total. The van der Waals surface area contributed by atoms with E-state index in [1.807, 2.05) is 0 Å². The van der Waals surface area contributed by atoms with Gasteiger partial charge in [-0.3, -0.25) is 19.2 Å². The second-order valence-electron chi connectivity index (χ2n) is 8.99. The number of amides is 4. The first kappa shape index (κ1) is 23.3. The van der Waals surface area contributed by atoms with Crippen molar-refractivity contribution in [2.45, 2.75) is 48.4 Å². The van der Waals surface area contributed by atoms with Crippen molar-refractivity contribution < 1.29 is 23.6 Å². The zero-order chi connectivity index (χ0) is 24.9. The van der Waals surface area contributed by atoms with Crippen LogP contribution in [0.2, 0.25) is 0 Å². The molecular formula is C22H24FN7O4S. The number of primary amides is 2. The third-order valence-electron chi connectivity index (χ3n) is 6.88. The summed E-state index contributed by atoms with van der Waals surface area (Å²) in [6.07, 6.45) is 1.53. The molecule has 3 fully saturated rings. The molecule has 5 rings (SSSR count). The number of aromatic nitrogens is 3. The summed E-state index contributed by atoms with van der Waals surface area (Å²) in [5.41, 5.74) is 11.2. The number of hydrogen-bond donors (Lipinski definition) is 2. The molecule has 3 aliphatic heterocycles. The van der Waals surface area contributed by atoms with Crippen LogP contribution in [0.1, 0.15) is 51.8 Å². The fourth-order valence-corrected chi connectivity index (χ4v) is 6.38. The summed E-state index contributed by atoms with van der Waals surface area (Å²) in [7, 11) is 0. The minimum atomic E-state index is -0.936. The van der Waals surface area contributed by atoms with E-state index in [0.29, 0.717) is 18.7 Å². The van der Waals surface area contributed by atoms with Crippen LogP contribution in [-0.4, -0.2) is 78.8 Å². The number of carbonyl (C=O) groups is 4. The number of nitrogens with zero attached hydrogens (tertiary/aromatic N) is 5. The standard InChI is InChI=1S/C22H24FN7O4S/c23-12-3-1-11(2-4-12)10-35-14-5-6-28-16(8-14)22(34)29-9-13(7-15(29)21(28)33)30-18(20(25)32)17(19(24)31)26-27-30/h1-4,13-16H,5-10H2,(H2,24,31)(H2,25,32)/t13-,14-,15-,16-/m0/s1. The van der Waals surface area contributed by atoms with Crippen molar-refractivity contribution in [2.24, 2.45) is 11.5 Å². The molecule has 4 atom stereocenters. The van der Waals surface area contributed by atoms with Crippen LogP contribution in [0, 0.1) is 5.82 Å². The molecule has 0 saturated carbocycles. The third-order valence-corrected chi connectivity index (χ3v) is 8.28. The van der Waals surface area contributed by atoms with Crippen molar-refractivity contribution in [1.29, 1.82) is 0 Å². The van der Waals surface area contributed by atoms with Crippen molar-refractivity contribution in [3.8, 4) is 0 Å². The van der Waals surface area contributed by atoms with Gasteiger partial charge >= 0.3 is 0 Å². The van der Waals surface area contributed by atoms with Crippen LogP contribution in [-0.2, 0) is 15.3 Å². The summed E-state index contributed by atoms with van der Waals surface area (Å²) in [4.78, 5) is 53.5. The number of hydrogen-bond acceptors (Lipinski definition) is 7. The first-order valence-electron chi connectivity index (χ1n) is 11.3. The van der Waals surface area contributed by atoms with E-state index < -0.39 is 29.9 Å². The van der Waals surface area contributed by atoms with Gasteiger partial charge in [0, 0.05) is 30.5 Å². The molecule has 0 radical (unpaired) electrons. The van der Waals surface area contributed by atoms with Gasteiger partial charge < -0.3 is 21.3 Å². The van der Waals surface area contributed by atoms with Crippen molar-refractivity contribution in [3.05, 3.63) is 47.0 Å². The minimum Gasteiger partial charge on any atom is -0.364 e. The van der Waals surface area contributed by atoms with Gasteiger partial charge in [-0.1, -0.05) is 17.3 Å². The summed E-state index contributed by atoms with van der Waals surface area (Å²) in [6, 6.07) is 4.58. The lowest BCUT2D eigenvalue weighted by atomic mass is 9.95. The van der Waals surface area contributed by atoms with Crippen molar-refractivity contribution in [1.82, 2.24) is 24.8 Å². The maximum absolute atomic E-state index is 13.4. The fraction of sp³-hybridized carbons (Fsp3) is 0.455. The molecular weight excluding hydrogens is 477 g/mol. The highest BCUT2D eigenvalue weighted by Crippen LogP contribution is 2.38. The van der Waals surface area contributed by atoms with Gasteiger partial charge in [-0.2, -0.15) is 11.8 Å². The van der Waals surface area contributed by atoms with E-state index in [4.69, 9.17) is 11.5 Å². The second-order valence-corrected chi connectivity index (χ2v) is 10.3. The quantitative estimate of drug-likeness (QED) is 0.567. The highest BCUT2D eigenvalue weighted by molar-refractivity contribution is 7.99. The highest BCUT2D eigenvalue weighted by atomic mass is 32.2. The van der Waals surface area contributed by atoms with Gasteiger partial charge in [0.15, 0.2) is 11.4 Å². The van der Waals surface area contributed by atoms with E-state index in [0.717, 1.165) is 12.0 Å². The number of fused-ring (bicyclic) bond motifs is 2. The Morgan fingerprint density at radius 3 is 2.40 bits per heavy atom. The van der Waals surface area contributed by atoms with Crippen LogP contribution in [0.3, 0.4) is 0 Å². The number of carbonyl (C=O) groups excluding carboxylic acids is 4. The summed E-state index contributed by atoms with van der Waals surface area (Å²) >= 11 is 1.70. The van der Waals surface area contributed by atoms with Gasteiger partial charge in [0.2, 0.25) is 11.8 Å². The Morgan fingerprint density at radius 1 is 1.03 bits per heavy atom. The van der Waals surface area contributed by atoms with Gasteiger partial charge in [0.1, 0.15) is 17.9 Å². The lowest BCUT2D eigenvalue weighted by molar-refractivity contribution is -0.161. The van der Waals surface area contributed by atoms with Gasteiger partial charge in [-0.05, 0) is 30.5 Å². The summed E-state index contributed by atoms with van der Waals surface area (Å²) in [6.45, 7) is 0.627. The first-order valence-corrected chi connectivity index (χ1v) is 12.3. The molecule has 0 aliphatic carbocycles. The molecule has 1 aromatic carbocycles. The van der Waals surface area contributed by atoms with Crippen molar-refractivity contribution >= 4 is 35.4 Å². The number of piperidine rings is 1. The average Bonchev–Trinajstić information content (AvgIpc) is 3.47. The number of halogens is 1. The first-order chi connectivity index (χ1) is 16.7. The molecule has 4 heterocycles. The normalized spacial score (nSPS) is 26.0. The Hall–Kier alpha value is -3.48. The van der Waals surface area contributed by atoms with E-state index in [1.54, 1.807) is 28.8 Å². The summed E-state index contributed by atoms with van der Waals surface area (Å²) in [5, 5.41) is 7.75. The van der Waals surface area contributed by atoms with E-state index >= 15 is 0 Å². The van der Waals surface area contributed by atoms with E-state index in [-0.39, 0.29) is 47.2 Å². The molecule has 0 unspecified atom stereocenters. The van der Waals surface area contributed by atoms with Crippen LogP contribution in [0.5, 0.6) is 0 Å². The third kappa shape index (κ3) is 4.13. The topological polar surface area (TPSA) is 158 Å². The monoisotopic (exact) mass is 501 g/mol. The average molecular weight is 502 g/mol. The Balaban J connectivity index is 1.30. The molecule has 0 spiro atoms. The Morgan fingerprint density at radius 2 is 1.71 bits per heavy atom. The number of piperazine rings is 1. The zero-order valence-corrected chi connectivity index (χ0v) is 19.5. The predicted octanol–water partition coefficient (Wildman–Crippen LogP) is 0.0636. The van der Waals surface area contributed by atoms with Gasteiger partial charge in [0.25, 0.3) is 11.8 Å². The molecule has 0 bridgehead atoms. The summed E-state index contributed by atoms with van der Waals surface area (Å²) < 4.78 is 14.4. The Kier molecular flexibility index (Phi) is 5.95. The smallest absolute Gasteiger partial charge is 0.271 e. The highest BCUT2D eigenvalue weighted by Gasteiger charge is 2.52. The fourth-order valence-electron chi connectivity index (χ4n) is 5.17. The van der Waals surface area contributed by atoms with Gasteiger partial charge in [0.05, 0.1) is 6.04 Å². The molecule has 3 saturated heterocycles. The zero-order valence-electron chi connectivity index (χ0n) is 18.7. The van der Waals surface area contributed by atoms with E-state index in [9.17, 15) is 23.6 Å². The number of rotatable bonds is 6. The largest absolute Gasteiger partial charge is 0.364 e. The lowest BCUT2D eigenvalue weighted by Gasteiger charge is -2.46.